The summed E-state index contributed by atoms with van der Waals surface area (Å²) in [6, 6.07) is 7.73. The fourth-order valence-corrected chi connectivity index (χ4v) is 2.37. The lowest BCUT2D eigenvalue weighted by Crippen LogP contribution is -2.14. The van der Waals surface area contributed by atoms with E-state index < -0.39 is 0 Å². The van der Waals surface area contributed by atoms with Crippen molar-refractivity contribution in [3.05, 3.63) is 54.0 Å². The van der Waals surface area contributed by atoms with E-state index in [0.717, 1.165) is 28.3 Å². The average Bonchev–Trinajstić information content (AvgIpc) is 3.02. The maximum Gasteiger partial charge on any atom is 0.165 e. The number of rotatable bonds is 6. The molecule has 0 aliphatic heterocycles. The Balaban J connectivity index is 1.67. The summed E-state index contributed by atoms with van der Waals surface area (Å²) in [6.45, 7) is 1.38. The van der Waals surface area contributed by atoms with Crippen LogP contribution in [0.3, 0.4) is 0 Å². The first-order chi connectivity index (χ1) is 10.8. The third kappa shape index (κ3) is 2.87. The van der Waals surface area contributed by atoms with Gasteiger partial charge in [0.2, 0.25) is 0 Å². The van der Waals surface area contributed by atoms with Gasteiger partial charge in [-0.3, -0.25) is 0 Å². The van der Waals surface area contributed by atoms with Crippen molar-refractivity contribution in [2.75, 3.05) is 14.2 Å². The van der Waals surface area contributed by atoms with Crippen LogP contribution in [0, 0.1) is 0 Å². The highest BCUT2D eigenvalue weighted by molar-refractivity contribution is 5.46. The predicted molar refractivity (Wildman–Crippen MR) is 83.1 cm³/mol. The van der Waals surface area contributed by atoms with Crippen LogP contribution in [-0.2, 0) is 13.1 Å². The molecule has 0 unspecified atom stereocenters. The molecule has 0 aliphatic carbocycles. The number of hydrogen-bond donors (Lipinski definition) is 1. The highest BCUT2D eigenvalue weighted by Crippen LogP contribution is 2.30. The minimum absolute atomic E-state index is 0.678. The molecule has 0 radical (unpaired) electrons. The van der Waals surface area contributed by atoms with Crippen LogP contribution in [-0.4, -0.2) is 28.8 Å². The van der Waals surface area contributed by atoms with Crippen LogP contribution in [0.2, 0.25) is 0 Å². The van der Waals surface area contributed by atoms with Gasteiger partial charge in [-0.2, -0.15) is 5.10 Å². The first-order valence-electron chi connectivity index (χ1n) is 7.00. The monoisotopic (exact) mass is 298 g/mol. The Morgan fingerprint density at radius 3 is 2.86 bits per heavy atom. The summed E-state index contributed by atoms with van der Waals surface area (Å²) >= 11 is 0. The fourth-order valence-electron chi connectivity index (χ4n) is 2.37. The Morgan fingerprint density at radius 2 is 2.05 bits per heavy atom. The number of aromatic nitrogens is 3. The van der Waals surface area contributed by atoms with Crippen LogP contribution in [0.5, 0.6) is 11.5 Å². The normalized spacial score (nSPS) is 10.8. The standard InChI is InChI=1S/C16H18N4O2/c1-21-14-5-3-4-13(16(14)22-2)10-17-8-12-9-18-15-6-7-19-20(15)11-12/h3-7,9,11,17H,8,10H2,1-2H3. The van der Waals surface area contributed by atoms with Crippen molar-refractivity contribution in [2.24, 2.45) is 0 Å². The molecular formula is C16H18N4O2. The number of nitrogens with one attached hydrogen (secondary N) is 1. The quantitative estimate of drug-likeness (QED) is 0.754. The molecule has 0 atom stereocenters. The van der Waals surface area contributed by atoms with Gasteiger partial charge in [-0.1, -0.05) is 12.1 Å². The minimum Gasteiger partial charge on any atom is -0.493 e. The van der Waals surface area contributed by atoms with Crippen molar-refractivity contribution in [2.45, 2.75) is 13.1 Å². The molecule has 3 aromatic rings. The highest BCUT2D eigenvalue weighted by atomic mass is 16.5. The number of benzene rings is 1. The van der Waals surface area contributed by atoms with Gasteiger partial charge in [0.25, 0.3) is 0 Å². The van der Waals surface area contributed by atoms with Gasteiger partial charge >= 0.3 is 0 Å². The van der Waals surface area contributed by atoms with Crippen LogP contribution in [0.15, 0.2) is 42.9 Å². The highest BCUT2D eigenvalue weighted by Gasteiger charge is 2.08. The zero-order valence-electron chi connectivity index (χ0n) is 12.6. The van der Waals surface area contributed by atoms with E-state index in [1.807, 2.05) is 36.7 Å². The molecule has 0 saturated carbocycles. The van der Waals surface area contributed by atoms with Crippen molar-refractivity contribution in [3.63, 3.8) is 0 Å². The minimum atomic E-state index is 0.678. The van der Waals surface area contributed by atoms with Gasteiger partial charge in [0.1, 0.15) is 0 Å². The third-order valence-corrected chi connectivity index (χ3v) is 3.43. The molecule has 0 fully saturated rings. The molecule has 0 bridgehead atoms. The van der Waals surface area contributed by atoms with Crippen LogP contribution in [0.25, 0.3) is 5.65 Å². The van der Waals surface area contributed by atoms with E-state index in [9.17, 15) is 0 Å². The third-order valence-electron chi connectivity index (χ3n) is 3.43. The van der Waals surface area contributed by atoms with Crippen molar-refractivity contribution >= 4 is 5.65 Å². The smallest absolute Gasteiger partial charge is 0.165 e. The van der Waals surface area contributed by atoms with Gasteiger partial charge < -0.3 is 14.8 Å². The van der Waals surface area contributed by atoms with Gasteiger partial charge in [0.15, 0.2) is 17.1 Å². The molecule has 2 heterocycles. The largest absolute Gasteiger partial charge is 0.493 e. The van der Waals surface area contributed by atoms with Crippen LogP contribution in [0.1, 0.15) is 11.1 Å². The lowest BCUT2D eigenvalue weighted by molar-refractivity contribution is 0.350. The zero-order chi connectivity index (χ0) is 15.4. The SMILES string of the molecule is COc1cccc(CNCc2cnc3ccnn3c2)c1OC. The van der Waals surface area contributed by atoms with Crippen molar-refractivity contribution < 1.29 is 9.47 Å². The Bertz CT molecular complexity index is 770. The number of nitrogens with zero attached hydrogens (tertiary/aromatic N) is 3. The Kier molecular flexibility index (Phi) is 4.20. The van der Waals surface area contributed by atoms with Gasteiger partial charge in [-0.25, -0.2) is 9.50 Å². The molecule has 0 amide bonds. The number of hydrogen-bond acceptors (Lipinski definition) is 5. The lowest BCUT2D eigenvalue weighted by atomic mass is 10.2. The molecule has 3 rings (SSSR count). The summed E-state index contributed by atoms with van der Waals surface area (Å²) in [6.07, 6.45) is 5.56. The lowest BCUT2D eigenvalue weighted by Gasteiger charge is -2.13. The van der Waals surface area contributed by atoms with E-state index in [1.165, 1.54) is 0 Å². The van der Waals surface area contributed by atoms with E-state index in [2.05, 4.69) is 15.4 Å². The van der Waals surface area contributed by atoms with E-state index >= 15 is 0 Å². The van der Waals surface area contributed by atoms with Crippen LogP contribution < -0.4 is 14.8 Å². The molecule has 22 heavy (non-hydrogen) atoms. The first-order valence-corrected chi connectivity index (χ1v) is 7.00. The summed E-state index contributed by atoms with van der Waals surface area (Å²) in [5, 5.41) is 7.57. The molecule has 6 heteroatoms. The molecule has 6 nitrogen and oxygen atoms in total. The molecule has 0 aliphatic rings. The fraction of sp³-hybridized carbons (Fsp3) is 0.250. The number of ether oxygens (including phenoxy) is 2. The second-order valence-electron chi connectivity index (χ2n) is 4.85. The number of methoxy groups -OCH3 is 2. The van der Waals surface area contributed by atoms with Crippen molar-refractivity contribution in [1.82, 2.24) is 19.9 Å². The Labute approximate surface area is 128 Å². The average molecular weight is 298 g/mol. The van der Waals surface area contributed by atoms with Crippen molar-refractivity contribution in [1.29, 1.82) is 0 Å². The van der Waals surface area contributed by atoms with Gasteiger partial charge in [0.05, 0.1) is 20.4 Å². The molecule has 2 aromatic heterocycles. The van der Waals surface area contributed by atoms with E-state index in [-0.39, 0.29) is 0 Å². The first kappa shape index (κ1) is 14.3. The summed E-state index contributed by atoms with van der Waals surface area (Å²) in [5.74, 6) is 1.50. The van der Waals surface area contributed by atoms with Gasteiger partial charge in [-0.05, 0) is 6.07 Å². The summed E-state index contributed by atoms with van der Waals surface area (Å²) < 4.78 is 12.5. The number of fused-ring (bicyclic) bond motifs is 1. The maximum atomic E-state index is 5.43. The summed E-state index contributed by atoms with van der Waals surface area (Å²) in [7, 11) is 3.29. The summed E-state index contributed by atoms with van der Waals surface area (Å²) in [5.41, 5.74) is 2.96. The van der Waals surface area contributed by atoms with E-state index in [0.29, 0.717) is 13.1 Å². The Hall–Kier alpha value is -2.60. The second-order valence-corrected chi connectivity index (χ2v) is 4.85. The van der Waals surface area contributed by atoms with Gasteiger partial charge in [0, 0.05) is 42.7 Å². The zero-order valence-corrected chi connectivity index (χ0v) is 12.6. The van der Waals surface area contributed by atoms with Gasteiger partial charge in [-0.15, -0.1) is 0 Å². The molecular weight excluding hydrogens is 280 g/mol. The van der Waals surface area contributed by atoms with E-state index in [1.54, 1.807) is 24.9 Å². The van der Waals surface area contributed by atoms with Crippen LogP contribution >= 0.6 is 0 Å². The summed E-state index contributed by atoms with van der Waals surface area (Å²) in [4.78, 5) is 4.34. The second kappa shape index (κ2) is 6.44. The molecule has 1 aromatic carbocycles. The molecule has 0 saturated heterocycles. The molecule has 1 N–H and O–H groups in total. The van der Waals surface area contributed by atoms with Crippen LogP contribution in [0.4, 0.5) is 0 Å². The topological polar surface area (TPSA) is 60.7 Å². The van der Waals surface area contributed by atoms with Crippen molar-refractivity contribution in [3.8, 4) is 11.5 Å². The molecule has 0 spiro atoms. The number of para-hydroxylation sites is 1. The predicted octanol–water partition coefficient (Wildman–Crippen LogP) is 2.04. The van der Waals surface area contributed by atoms with E-state index in [4.69, 9.17) is 9.47 Å². The maximum absolute atomic E-state index is 5.43. The molecule has 114 valence electrons. The Morgan fingerprint density at radius 1 is 1.14 bits per heavy atom.